The minimum Gasteiger partial charge on any atom is -0.355 e. The molecule has 20 heavy (non-hydrogen) atoms. The number of rotatable bonds is 4. The molecule has 1 aliphatic rings. The van der Waals surface area contributed by atoms with Gasteiger partial charge < -0.3 is 10.6 Å². The molecule has 1 saturated heterocycles. The van der Waals surface area contributed by atoms with Crippen molar-refractivity contribution in [3.8, 4) is 0 Å². The van der Waals surface area contributed by atoms with Crippen molar-refractivity contribution in [2.24, 2.45) is 0 Å². The Labute approximate surface area is 126 Å². The molecule has 1 unspecified atom stereocenters. The van der Waals surface area contributed by atoms with Crippen LogP contribution in [0, 0.1) is 5.82 Å². The van der Waals surface area contributed by atoms with Gasteiger partial charge in [-0.05, 0) is 30.7 Å². The zero-order valence-electron chi connectivity index (χ0n) is 11.5. The van der Waals surface area contributed by atoms with Crippen molar-refractivity contribution < 1.29 is 9.18 Å². The Bertz CT molecular complexity index is 483. The van der Waals surface area contributed by atoms with Crippen molar-refractivity contribution in [2.45, 2.75) is 19.5 Å². The highest BCUT2D eigenvalue weighted by Crippen LogP contribution is 2.21. The van der Waals surface area contributed by atoms with E-state index in [9.17, 15) is 9.18 Å². The summed E-state index contributed by atoms with van der Waals surface area (Å²) in [5, 5.41) is 6.08. The number of nitrogens with zero attached hydrogens (tertiary/aromatic N) is 1. The maximum atomic E-state index is 13.3. The Morgan fingerprint density at radius 2 is 2.40 bits per heavy atom. The van der Waals surface area contributed by atoms with Gasteiger partial charge in [-0.3, -0.25) is 9.69 Å². The van der Waals surface area contributed by atoms with Gasteiger partial charge in [0.05, 0.1) is 0 Å². The van der Waals surface area contributed by atoms with Gasteiger partial charge in [0.1, 0.15) is 11.9 Å². The number of nitrogens with one attached hydrogen (secondary N) is 2. The number of hydrogen-bond donors (Lipinski definition) is 2. The molecule has 2 N–H and O–H groups in total. The Morgan fingerprint density at radius 1 is 1.60 bits per heavy atom. The van der Waals surface area contributed by atoms with Gasteiger partial charge in [-0.1, -0.05) is 15.9 Å². The molecule has 4 nitrogen and oxygen atoms in total. The van der Waals surface area contributed by atoms with Crippen LogP contribution in [0.3, 0.4) is 0 Å². The Hall–Kier alpha value is -0.980. The van der Waals surface area contributed by atoms with Crippen molar-refractivity contribution >= 4 is 21.8 Å². The lowest BCUT2D eigenvalue weighted by Gasteiger charge is -2.35. The molecule has 0 bridgehead atoms. The van der Waals surface area contributed by atoms with Crippen molar-refractivity contribution in [1.29, 1.82) is 0 Å². The molecule has 2 rings (SSSR count). The molecule has 6 heteroatoms. The highest BCUT2D eigenvalue weighted by Gasteiger charge is 2.28. The van der Waals surface area contributed by atoms with E-state index in [1.807, 2.05) is 6.92 Å². The fourth-order valence-corrected chi connectivity index (χ4v) is 2.74. The van der Waals surface area contributed by atoms with Crippen molar-refractivity contribution in [2.75, 3.05) is 26.2 Å². The molecular weight excluding hydrogens is 325 g/mol. The highest BCUT2D eigenvalue weighted by molar-refractivity contribution is 9.10. The first kappa shape index (κ1) is 15.4. The molecule has 0 aromatic heterocycles. The topological polar surface area (TPSA) is 44.4 Å². The van der Waals surface area contributed by atoms with E-state index in [1.54, 1.807) is 6.07 Å². The highest BCUT2D eigenvalue weighted by atomic mass is 79.9. The van der Waals surface area contributed by atoms with Gasteiger partial charge in [0, 0.05) is 37.2 Å². The lowest BCUT2D eigenvalue weighted by Crippen LogP contribution is -2.57. The van der Waals surface area contributed by atoms with E-state index in [2.05, 4.69) is 31.5 Å². The molecule has 1 atom stereocenters. The molecule has 0 aliphatic carbocycles. The van der Waals surface area contributed by atoms with Crippen LogP contribution in [0.4, 0.5) is 4.39 Å². The largest absolute Gasteiger partial charge is 0.355 e. The van der Waals surface area contributed by atoms with Gasteiger partial charge >= 0.3 is 0 Å². The molecule has 1 aliphatic heterocycles. The van der Waals surface area contributed by atoms with E-state index in [1.165, 1.54) is 12.1 Å². The van der Waals surface area contributed by atoms with E-state index in [0.717, 1.165) is 23.1 Å². The third-order valence-electron chi connectivity index (χ3n) is 3.39. The van der Waals surface area contributed by atoms with E-state index in [-0.39, 0.29) is 17.8 Å². The average Bonchev–Trinajstić information content (AvgIpc) is 2.44. The van der Waals surface area contributed by atoms with E-state index in [4.69, 9.17) is 0 Å². The van der Waals surface area contributed by atoms with Gasteiger partial charge in [0.2, 0.25) is 5.91 Å². The monoisotopic (exact) mass is 343 g/mol. The molecule has 1 aromatic carbocycles. The summed E-state index contributed by atoms with van der Waals surface area (Å²) in [6.07, 6.45) is 0. The van der Waals surface area contributed by atoms with Gasteiger partial charge in [-0.15, -0.1) is 0 Å². The second-order valence-corrected chi connectivity index (χ2v) is 5.68. The van der Waals surface area contributed by atoms with Gasteiger partial charge in [-0.25, -0.2) is 4.39 Å². The van der Waals surface area contributed by atoms with E-state index < -0.39 is 0 Å². The fraction of sp³-hybridized carbons (Fsp3) is 0.500. The quantitative estimate of drug-likeness (QED) is 0.870. The summed E-state index contributed by atoms with van der Waals surface area (Å²) >= 11 is 3.44. The molecule has 1 fully saturated rings. The van der Waals surface area contributed by atoms with Gasteiger partial charge in [0.15, 0.2) is 0 Å². The number of piperazine rings is 1. The molecule has 110 valence electrons. The van der Waals surface area contributed by atoms with Crippen molar-refractivity contribution in [1.82, 2.24) is 15.5 Å². The fourth-order valence-electron chi connectivity index (χ4n) is 2.37. The molecule has 0 spiro atoms. The molecule has 1 amide bonds. The minimum atomic E-state index is -0.257. The minimum absolute atomic E-state index is 0.0206. The van der Waals surface area contributed by atoms with Gasteiger partial charge in [-0.2, -0.15) is 0 Å². The number of carbonyl (C=O) groups is 1. The first-order valence-corrected chi connectivity index (χ1v) is 7.57. The second kappa shape index (κ2) is 7.15. The smallest absolute Gasteiger partial charge is 0.238 e. The first-order chi connectivity index (χ1) is 9.61. The zero-order chi connectivity index (χ0) is 14.5. The number of hydrogen-bond acceptors (Lipinski definition) is 3. The van der Waals surface area contributed by atoms with E-state index in [0.29, 0.717) is 19.6 Å². The lowest BCUT2D eigenvalue weighted by atomic mass is 10.1. The third-order valence-corrected chi connectivity index (χ3v) is 4.16. The maximum Gasteiger partial charge on any atom is 0.238 e. The number of carbonyl (C=O) groups excluding carboxylic acids is 1. The Balaban J connectivity index is 2.12. The maximum absolute atomic E-state index is 13.3. The zero-order valence-corrected chi connectivity index (χ0v) is 13.0. The number of likely N-dealkylation sites (N-methyl/N-ethyl adjacent to an activating group) is 1. The molecule has 1 heterocycles. The Kier molecular flexibility index (Phi) is 5.51. The predicted octanol–water partition coefficient (Wildman–Crippen LogP) is 1.50. The van der Waals surface area contributed by atoms with Crippen molar-refractivity contribution in [3.63, 3.8) is 0 Å². The van der Waals surface area contributed by atoms with Crippen LogP contribution >= 0.6 is 15.9 Å². The van der Waals surface area contributed by atoms with Crippen LogP contribution in [0.5, 0.6) is 0 Å². The summed E-state index contributed by atoms with van der Waals surface area (Å²) < 4.78 is 14.2. The SMILES string of the molecule is CCNC(=O)C1CNCCN1Cc1cc(F)ccc1Br. The van der Waals surface area contributed by atoms with Crippen LogP contribution < -0.4 is 10.6 Å². The average molecular weight is 344 g/mol. The standard InChI is InChI=1S/C14H19BrFN3O/c1-2-18-14(20)13-8-17-5-6-19(13)9-10-7-11(16)3-4-12(10)15/h3-4,7,13,17H,2,5-6,8-9H2,1H3,(H,18,20). The Morgan fingerprint density at radius 3 is 3.15 bits per heavy atom. The first-order valence-electron chi connectivity index (χ1n) is 6.78. The van der Waals surface area contributed by atoms with Crippen LogP contribution in [0.25, 0.3) is 0 Å². The lowest BCUT2D eigenvalue weighted by molar-refractivity contribution is -0.127. The van der Waals surface area contributed by atoms with Gasteiger partial charge in [0.25, 0.3) is 0 Å². The van der Waals surface area contributed by atoms with Crippen LogP contribution in [0.2, 0.25) is 0 Å². The van der Waals surface area contributed by atoms with E-state index >= 15 is 0 Å². The molecular formula is C14H19BrFN3O. The summed E-state index contributed by atoms with van der Waals surface area (Å²) in [4.78, 5) is 14.2. The van der Waals surface area contributed by atoms with Crippen molar-refractivity contribution in [3.05, 3.63) is 34.1 Å². The number of amides is 1. The number of benzene rings is 1. The summed E-state index contributed by atoms with van der Waals surface area (Å²) in [7, 11) is 0. The normalized spacial score (nSPS) is 19.9. The summed E-state index contributed by atoms with van der Waals surface area (Å²) in [5.74, 6) is -0.236. The van der Waals surface area contributed by atoms with Crippen LogP contribution in [0.1, 0.15) is 12.5 Å². The summed E-state index contributed by atoms with van der Waals surface area (Å²) in [6.45, 7) is 5.31. The second-order valence-electron chi connectivity index (χ2n) is 4.82. The van der Waals surface area contributed by atoms with Crippen LogP contribution in [0.15, 0.2) is 22.7 Å². The third kappa shape index (κ3) is 3.77. The predicted molar refractivity (Wildman–Crippen MR) is 79.9 cm³/mol. The van der Waals surface area contributed by atoms with Crippen LogP contribution in [-0.4, -0.2) is 43.0 Å². The summed E-state index contributed by atoms with van der Waals surface area (Å²) in [5.41, 5.74) is 0.862. The molecule has 0 saturated carbocycles. The summed E-state index contributed by atoms with van der Waals surface area (Å²) in [6, 6.07) is 4.43. The number of halogens is 2. The molecule has 1 aromatic rings. The molecule has 0 radical (unpaired) electrons. The van der Waals surface area contributed by atoms with Crippen LogP contribution in [-0.2, 0) is 11.3 Å².